The van der Waals surface area contributed by atoms with E-state index in [-0.39, 0.29) is 17.5 Å². The zero-order chi connectivity index (χ0) is 20.2. The number of para-hydroxylation sites is 1. The lowest BCUT2D eigenvalue weighted by atomic mass is 10.1. The van der Waals surface area contributed by atoms with Gasteiger partial charge in [-0.05, 0) is 55.1 Å². The number of hydrogen-bond donors (Lipinski definition) is 1. The number of nitrogens with zero attached hydrogens (tertiary/aromatic N) is 2. The molecule has 1 aliphatic heterocycles. The normalized spacial score (nSPS) is 14.8. The van der Waals surface area contributed by atoms with Gasteiger partial charge in [0.15, 0.2) is 5.76 Å². The topological polar surface area (TPSA) is 48.7 Å². The molecule has 5 nitrogen and oxygen atoms in total. The molecule has 1 amide bonds. The highest BCUT2D eigenvalue weighted by atomic mass is 19.1. The first-order chi connectivity index (χ1) is 14.1. The van der Waals surface area contributed by atoms with Crippen molar-refractivity contribution in [1.82, 2.24) is 10.2 Å². The maximum Gasteiger partial charge on any atom is 0.287 e. The molecular weight excluding hydrogens is 369 g/mol. The van der Waals surface area contributed by atoms with E-state index < -0.39 is 0 Å². The fourth-order valence-corrected chi connectivity index (χ4v) is 3.51. The first-order valence-electron chi connectivity index (χ1n) is 9.75. The second-order valence-electron chi connectivity index (χ2n) is 7.27. The average molecular weight is 393 g/mol. The van der Waals surface area contributed by atoms with E-state index in [1.165, 1.54) is 12.1 Å². The number of piperazine rings is 1. The minimum Gasteiger partial charge on any atom is -0.451 e. The molecule has 29 heavy (non-hydrogen) atoms. The lowest BCUT2D eigenvalue weighted by molar-refractivity contribution is 0.0924. The molecule has 1 aromatic heterocycles. The van der Waals surface area contributed by atoms with Crippen molar-refractivity contribution in [2.24, 2.45) is 0 Å². The molecule has 2 aromatic carbocycles. The molecule has 0 unspecified atom stereocenters. The van der Waals surface area contributed by atoms with Gasteiger partial charge in [-0.25, -0.2) is 4.39 Å². The van der Waals surface area contributed by atoms with E-state index in [1.54, 1.807) is 24.3 Å². The SMILES string of the molecule is CN1CCN(c2ccccc2CNC(=O)c2ccc(-c3ccc(F)cc3)o2)CC1. The summed E-state index contributed by atoms with van der Waals surface area (Å²) in [5.74, 6) is 0.193. The maximum atomic E-state index is 13.1. The van der Waals surface area contributed by atoms with Crippen LogP contribution in [0, 0.1) is 5.82 Å². The lowest BCUT2D eigenvalue weighted by Gasteiger charge is -2.35. The predicted molar refractivity (Wildman–Crippen MR) is 111 cm³/mol. The fraction of sp³-hybridized carbons (Fsp3) is 0.261. The lowest BCUT2D eigenvalue weighted by Crippen LogP contribution is -2.45. The Labute approximate surface area is 169 Å². The maximum absolute atomic E-state index is 13.1. The number of nitrogens with one attached hydrogen (secondary N) is 1. The van der Waals surface area contributed by atoms with Crippen LogP contribution < -0.4 is 10.2 Å². The van der Waals surface area contributed by atoms with Crippen LogP contribution in [0.3, 0.4) is 0 Å². The molecule has 0 spiro atoms. The minimum absolute atomic E-state index is 0.237. The van der Waals surface area contributed by atoms with Crippen molar-refractivity contribution in [3.05, 3.63) is 77.8 Å². The van der Waals surface area contributed by atoms with Crippen LogP contribution in [0.15, 0.2) is 65.1 Å². The van der Waals surface area contributed by atoms with Crippen LogP contribution in [0.5, 0.6) is 0 Å². The number of furan rings is 1. The quantitative estimate of drug-likeness (QED) is 0.717. The number of carbonyl (C=O) groups excluding carboxylic acids is 1. The Morgan fingerprint density at radius 3 is 2.48 bits per heavy atom. The number of halogens is 1. The molecule has 4 rings (SSSR count). The first-order valence-corrected chi connectivity index (χ1v) is 9.75. The standard InChI is InChI=1S/C23H24FN3O2/c1-26-12-14-27(15-13-26)20-5-3-2-4-18(20)16-25-23(28)22-11-10-21(29-22)17-6-8-19(24)9-7-17/h2-11H,12-16H2,1H3,(H,25,28). The van der Waals surface area contributed by atoms with E-state index in [4.69, 9.17) is 4.42 Å². The van der Waals surface area contributed by atoms with Crippen LogP contribution in [0.25, 0.3) is 11.3 Å². The van der Waals surface area contributed by atoms with E-state index >= 15 is 0 Å². The second kappa shape index (κ2) is 8.49. The first kappa shape index (κ1) is 19.2. The largest absolute Gasteiger partial charge is 0.451 e. The molecule has 3 aromatic rings. The molecule has 150 valence electrons. The van der Waals surface area contributed by atoms with Crippen molar-refractivity contribution in [2.75, 3.05) is 38.1 Å². The number of amides is 1. The third-order valence-corrected chi connectivity index (χ3v) is 5.23. The van der Waals surface area contributed by atoms with Crippen molar-refractivity contribution in [3.8, 4) is 11.3 Å². The zero-order valence-electron chi connectivity index (χ0n) is 16.4. The van der Waals surface area contributed by atoms with Crippen molar-refractivity contribution in [1.29, 1.82) is 0 Å². The van der Waals surface area contributed by atoms with Gasteiger partial charge >= 0.3 is 0 Å². The van der Waals surface area contributed by atoms with Crippen molar-refractivity contribution < 1.29 is 13.6 Å². The summed E-state index contributed by atoms with van der Waals surface area (Å²) in [6.07, 6.45) is 0. The molecule has 0 atom stereocenters. The van der Waals surface area contributed by atoms with Gasteiger partial charge < -0.3 is 19.5 Å². The molecule has 0 radical (unpaired) electrons. The Kier molecular flexibility index (Phi) is 5.62. The number of benzene rings is 2. The van der Waals surface area contributed by atoms with Gasteiger partial charge in [-0.3, -0.25) is 4.79 Å². The second-order valence-corrected chi connectivity index (χ2v) is 7.27. The number of carbonyl (C=O) groups is 1. The molecule has 6 heteroatoms. The summed E-state index contributed by atoms with van der Waals surface area (Å²) in [6.45, 7) is 4.42. The highest BCUT2D eigenvalue weighted by Crippen LogP contribution is 2.24. The third-order valence-electron chi connectivity index (χ3n) is 5.23. The predicted octanol–water partition coefficient (Wildman–Crippen LogP) is 3.77. The van der Waals surface area contributed by atoms with Gasteiger partial charge in [0, 0.05) is 44.0 Å². The van der Waals surface area contributed by atoms with E-state index in [0.717, 1.165) is 43.0 Å². The summed E-state index contributed by atoms with van der Waals surface area (Å²) in [6, 6.07) is 17.5. The van der Waals surface area contributed by atoms with Crippen LogP contribution in [0.4, 0.5) is 10.1 Å². The average Bonchev–Trinajstić information content (AvgIpc) is 3.24. The Hall–Kier alpha value is -3.12. The minimum atomic E-state index is -0.308. The third kappa shape index (κ3) is 4.49. The summed E-state index contributed by atoms with van der Waals surface area (Å²) >= 11 is 0. The van der Waals surface area contributed by atoms with Gasteiger partial charge in [-0.2, -0.15) is 0 Å². The Balaban J connectivity index is 1.42. The van der Waals surface area contributed by atoms with Crippen molar-refractivity contribution >= 4 is 11.6 Å². The highest BCUT2D eigenvalue weighted by molar-refractivity contribution is 5.92. The molecule has 0 aliphatic carbocycles. The Morgan fingerprint density at radius 1 is 1.00 bits per heavy atom. The summed E-state index contributed by atoms with van der Waals surface area (Å²) < 4.78 is 18.8. The van der Waals surface area contributed by atoms with Crippen molar-refractivity contribution in [3.63, 3.8) is 0 Å². The van der Waals surface area contributed by atoms with Gasteiger partial charge in [-0.1, -0.05) is 18.2 Å². The molecule has 1 saturated heterocycles. The van der Waals surface area contributed by atoms with Gasteiger partial charge in [-0.15, -0.1) is 0 Å². The van der Waals surface area contributed by atoms with Crippen LogP contribution in [0.2, 0.25) is 0 Å². The van der Waals surface area contributed by atoms with E-state index in [9.17, 15) is 9.18 Å². The van der Waals surface area contributed by atoms with Gasteiger partial charge in [0.05, 0.1) is 0 Å². The van der Waals surface area contributed by atoms with Crippen LogP contribution in [0.1, 0.15) is 16.1 Å². The zero-order valence-corrected chi connectivity index (χ0v) is 16.4. The number of rotatable bonds is 5. The summed E-state index contributed by atoms with van der Waals surface area (Å²) in [5, 5.41) is 2.95. The van der Waals surface area contributed by atoms with Crippen LogP contribution >= 0.6 is 0 Å². The van der Waals surface area contributed by atoms with E-state index in [2.05, 4.69) is 28.2 Å². The van der Waals surface area contributed by atoms with Gasteiger partial charge in [0.2, 0.25) is 0 Å². The molecule has 1 fully saturated rings. The van der Waals surface area contributed by atoms with Gasteiger partial charge in [0.1, 0.15) is 11.6 Å². The Morgan fingerprint density at radius 2 is 1.72 bits per heavy atom. The number of likely N-dealkylation sites (N-methyl/N-ethyl adjacent to an activating group) is 1. The molecular formula is C23H24FN3O2. The smallest absolute Gasteiger partial charge is 0.287 e. The molecule has 0 saturated carbocycles. The molecule has 0 bridgehead atoms. The molecule has 2 heterocycles. The number of hydrogen-bond acceptors (Lipinski definition) is 4. The highest BCUT2D eigenvalue weighted by Gasteiger charge is 2.18. The summed E-state index contributed by atoms with van der Waals surface area (Å²) in [7, 11) is 2.13. The molecule has 1 aliphatic rings. The summed E-state index contributed by atoms with van der Waals surface area (Å²) in [4.78, 5) is 17.2. The van der Waals surface area contributed by atoms with Crippen molar-refractivity contribution in [2.45, 2.75) is 6.54 Å². The number of anilines is 1. The van der Waals surface area contributed by atoms with Crippen LogP contribution in [-0.2, 0) is 6.54 Å². The summed E-state index contributed by atoms with van der Waals surface area (Å²) in [5.41, 5.74) is 2.97. The van der Waals surface area contributed by atoms with Crippen LogP contribution in [-0.4, -0.2) is 44.0 Å². The van der Waals surface area contributed by atoms with E-state index in [1.807, 2.05) is 18.2 Å². The monoisotopic (exact) mass is 393 g/mol. The van der Waals surface area contributed by atoms with E-state index in [0.29, 0.717) is 12.3 Å². The Bertz CT molecular complexity index is 976. The fourth-order valence-electron chi connectivity index (χ4n) is 3.51. The van der Waals surface area contributed by atoms with Gasteiger partial charge in [0.25, 0.3) is 5.91 Å². The molecule has 1 N–H and O–H groups in total.